The van der Waals surface area contributed by atoms with Crippen molar-refractivity contribution < 1.29 is 19.0 Å². The fourth-order valence-electron chi connectivity index (χ4n) is 2.52. The lowest BCUT2D eigenvalue weighted by Crippen LogP contribution is -2.31. The van der Waals surface area contributed by atoms with E-state index in [-0.39, 0.29) is 5.91 Å². The zero-order valence-electron chi connectivity index (χ0n) is 16.3. The van der Waals surface area contributed by atoms with Crippen LogP contribution in [-0.4, -0.2) is 44.7 Å². The van der Waals surface area contributed by atoms with Crippen molar-refractivity contribution in [1.29, 1.82) is 0 Å². The number of rotatable bonds is 9. The van der Waals surface area contributed by atoms with E-state index in [4.69, 9.17) is 14.2 Å². The van der Waals surface area contributed by atoms with E-state index in [1.807, 2.05) is 38.1 Å². The molecule has 6 heteroatoms. The summed E-state index contributed by atoms with van der Waals surface area (Å²) in [6.45, 7) is 5.51. The number of amides is 1. The molecule has 27 heavy (non-hydrogen) atoms. The van der Waals surface area contributed by atoms with Gasteiger partial charge in [-0.15, -0.1) is 0 Å². The number of aryl methyl sites for hydroxylation is 1. The number of benzene rings is 2. The minimum atomic E-state index is -0.107. The molecule has 2 aromatic carbocycles. The van der Waals surface area contributed by atoms with Gasteiger partial charge in [-0.3, -0.25) is 4.79 Å². The SMILES string of the molecule is CCCOc1c(Br)cc(C(=O)N(C)CCOc2ccccc2C)cc1OC. The van der Waals surface area contributed by atoms with Crippen molar-refractivity contribution in [2.45, 2.75) is 20.3 Å². The van der Waals surface area contributed by atoms with Crippen LogP contribution in [0.3, 0.4) is 0 Å². The molecule has 0 unspecified atom stereocenters. The zero-order chi connectivity index (χ0) is 19.8. The molecule has 2 rings (SSSR count). The highest BCUT2D eigenvalue weighted by atomic mass is 79.9. The fourth-order valence-corrected chi connectivity index (χ4v) is 3.08. The normalized spacial score (nSPS) is 10.4. The molecule has 0 aliphatic rings. The summed E-state index contributed by atoms with van der Waals surface area (Å²) in [5.41, 5.74) is 1.60. The van der Waals surface area contributed by atoms with Crippen molar-refractivity contribution in [3.8, 4) is 17.2 Å². The maximum Gasteiger partial charge on any atom is 0.253 e. The van der Waals surface area contributed by atoms with Gasteiger partial charge in [0.25, 0.3) is 5.91 Å². The fraction of sp³-hybridized carbons (Fsp3) is 0.381. The summed E-state index contributed by atoms with van der Waals surface area (Å²) < 4.78 is 17.6. The average molecular weight is 436 g/mol. The third-order valence-electron chi connectivity index (χ3n) is 4.05. The van der Waals surface area contributed by atoms with Crippen molar-refractivity contribution in [2.75, 3.05) is 33.9 Å². The Morgan fingerprint density at radius 2 is 1.85 bits per heavy atom. The molecule has 2 aromatic rings. The van der Waals surface area contributed by atoms with Crippen LogP contribution in [0.1, 0.15) is 29.3 Å². The Bertz CT molecular complexity index is 779. The van der Waals surface area contributed by atoms with Gasteiger partial charge in [0.1, 0.15) is 12.4 Å². The van der Waals surface area contributed by atoms with Crippen molar-refractivity contribution in [1.82, 2.24) is 4.90 Å². The van der Waals surface area contributed by atoms with E-state index < -0.39 is 0 Å². The molecule has 0 saturated heterocycles. The van der Waals surface area contributed by atoms with Crippen LogP contribution < -0.4 is 14.2 Å². The second-order valence-corrected chi connectivity index (χ2v) is 7.03. The second kappa shape index (κ2) is 10.2. The lowest BCUT2D eigenvalue weighted by Gasteiger charge is -2.19. The van der Waals surface area contributed by atoms with Gasteiger partial charge < -0.3 is 19.1 Å². The van der Waals surface area contributed by atoms with Crippen LogP contribution in [0, 0.1) is 6.92 Å². The summed E-state index contributed by atoms with van der Waals surface area (Å²) >= 11 is 3.48. The highest BCUT2D eigenvalue weighted by Crippen LogP contribution is 2.37. The predicted octanol–water partition coefficient (Wildman–Crippen LogP) is 4.71. The van der Waals surface area contributed by atoms with Crippen LogP contribution in [0.5, 0.6) is 17.2 Å². The van der Waals surface area contributed by atoms with Crippen molar-refractivity contribution in [3.05, 3.63) is 52.0 Å². The number of ether oxygens (including phenoxy) is 3. The maximum absolute atomic E-state index is 12.8. The summed E-state index contributed by atoms with van der Waals surface area (Å²) in [7, 11) is 3.32. The third kappa shape index (κ3) is 5.63. The highest BCUT2D eigenvalue weighted by Gasteiger charge is 2.18. The molecule has 0 N–H and O–H groups in total. The summed E-state index contributed by atoms with van der Waals surface area (Å²) in [6, 6.07) is 11.3. The molecule has 5 nitrogen and oxygen atoms in total. The van der Waals surface area contributed by atoms with Crippen molar-refractivity contribution in [3.63, 3.8) is 0 Å². The summed E-state index contributed by atoms with van der Waals surface area (Å²) in [6.07, 6.45) is 0.889. The van der Waals surface area contributed by atoms with Gasteiger partial charge in [0.2, 0.25) is 0 Å². The largest absolute Gasteiger partial charge is 0.493 e. The van der Waals surface area contributed by atoms with Crippen LogP contribution in [0.15, 0.2) is 40.9 Å². The molecule has 0 saturated carbocycles. The number of methoxy groups -OCH3 is 1. The van der Waals surface area contributed by atoms with Gasteiger partial charge in [-0.25, -0.2) is 0 Å². The van der Waals surface area contributed by atoms with Gasteiger partial charge in [0.15, 0.2) is 11.5 Å². The predicted molar refractivity (Wildman–Crippen MR) is 110 cm³/mol. The first-order valence-electron chi connectivity index (χ1n) is 8.92. The van der Waals surface area contributed by atoms with Crippen molar-refractivity contribution >= 4 is 21.8 Å². The monoisotopic (exact) mass is 435 g/mol. The molecule has 1 amide bonds. The lowest BCUT2D eigenvalue weighted by atomic mass is 10.1. The van der Waals surface area contributed by atoms with E-state index in [2.05, 4.69) is 15.9 Å². The second-order valence-electron chi connectivity index (χ2n) is 6.18. The Morgan fingerprint density at radius 1 is 1.11 bits per heavy atom. The van der Waals surface area contributed by atoms with E-state index >= 15 is 0 Å². The van der Waals surface area contributed by atoms with E-state index in [0.717, 1.165) is 17.7 Å². The summed E-state index contributed by atoms with van der Waals surface area (Å²) in [5.74, 6) is 1.87. The number of halogens is 1. The molecule has 0 spiro atoms. The first-order valence-corrected chi connectivity index (χ1v) is 9.71. The average Bonchev–Trinajstić information content (AvgIpc) is 2.67. The number of para-hydroxylation sites is 1. The Kier molecular flexibility index (Phi) is 7.98. The standard InChI is InChI=1S/C21H26BrNO4/c1-5-11-27-20-17(22)13-16(14-19(20)25-4)21(24)23(3)10-12-26-18-9-7-6-8-15(18)2/h6-9,13-14H,5,10-12H2,1-4H3. The van der Waals surface area contributed by atoms with Gasteiger partial charge in [-0.05, 0) is 53.0 Å². The summed E-state index contributed by atoms with van der Waals surface area (Å²) in [5, 5.41) is 0. The van der Waals surface area contributed by atoms with E-state index in [1.165, 1.54) is 0 Å². The Labute approximate surface area is 169 Å². The van der Waals surface area contributed by atoms with Crippen LogP contribution >= 0.6 is 15.9 Å². The van der Waals surface area contributed by atoms with Gasteiger partial charge in [-0.2, -0.15) is 0 Å². The number of hydrogen-bond donors (Lipinski definition) is 0. The minimum absolute atomic E-state index is 0.107. The molecule has 0 bridgehead atoms. The molecule has 0 fully saturated rings. The molecule has 0 aromatic heterocycles. The highest BCUT2D eigenvalue weighted by molar-refractivity contribution is 9.10. The molecule has 0 radical (unpaired) electrons. The van der Waals surface area contributed by atoms with Gasteiger partial charge in [0, 0.05) is 12.6 Å². The van der Waals surface area contributed by atoms with Gasteiger partial charge in [0.05, 0.1) is 24.7 Å². The molecule has 0 atom stereocenters. The van der Waals surface area contributed by atoms with Crippen LogP contribution in [0.2, 0.25) is 0 Å². The number of carbonyl (C=O) groups is 1. The third-order valence-corrected chi connectivity index (χ3v) is 4.64. The minimum Gasteiger partial charge on any atom is -0.493 e. The van der Waals surface area contributed by atoms with E-state index in [1.54, 1.807) is 31.2 Å². The first kappa shape index (κ1) is 21.1. The Hall–Kier alpha value is -2.21. The zero-order valence-corrected chi connectivity index (χ0v) is 17.8. The van der Waals surface area contributed by atoms with Crippen LogP contribution in [0.25, 0.3) is 0 Å². The Morgan fingerprint density at radius 3 is 2.52 bits per heavy atom. The van der Waals surface area contributed by atoms with Gasteiger partial charge in [-0.1, -0.05) is 25.1 Å². The number of likely N-dealkylation sites (N-methyl/N-ethyl adjacent to an activating group) is 1. The lowest BCUT2D eigenvalue weighted by molar-refractivity contribution is 0.0773. The smallest absolute Gasteiger partial charge is 0.253 e. The molecule has 0 aliphatic heterocycles. The molecular weight excluding hydrogens is 410 g/mol. The summed E-state index contributed by atoms with van der Waals surface area (Å²) in [4.78, 5) is 14.4. The van der Waals surface area contributed by atoms with E-state index in [9.17, 15) is 4.79 Å². The van der Waals surface area contributed by atoms with Gasteiger partial charge >= 0.3 is 0 Å². The quantitative estimate of drug-likeness (QED) is 0.572. The number of hydrogen-bond acceptors (Lipinski definition) is 4. The molecule has 0 heterocycles. The molecule has 146 valence electrons. The Balaban J connectivity index is 2.03. The van der Waals surface area contributed by atoms with E-state index in [0.29, 0.717) is 41.3 Å². The first-order chi connectivity index (χ1) is 13.0. The number of carbonyl (C=O) groups excluding carboxylic acids is 1. The van der Waals surface area contributed by atoms with Crippen molar-refractivity contribution in [2.24, 2.45) is 0 Å². The van der Waals surface area contributed by atoms with Crippen LogP contribution in [0.4, 0.5) is 0 Å². The number of nitrogens with zero attached hydrogens (tertiary/aromatic N) is 1. The molecular formula is C21H26BrNO4. The topological polar surface area (TPSA) is 48.0 Å². The maximum atomic E-state index is 12.8. The molecule has 0 aliphatic carbocycles. The van der Waals surface area contributed by atoms with Crippen LogP contribution in [-0.2, 0) is 0 Å².